The second kappa shape index (κ2) is 4.22. The molecule has 1 unspecified atom stereocenters. The Morgan fingerprint density at radius 3 is 2.69 bits per heavy atom. The molecule has 0 saturated carbocycles. The topological polar surface area (TPSA) is 56.2 Å². The van der Waals surface area contributed by atoms with Gasteiger partial charge in [-0.3, -0.25) is 0 Å². The monoisotopic (exact) mass is 218 g/mol. The third kappa shape index (κ3) is 2.07. The zero-order valence-electron chi connectivity index (χ0n) is 10.0. The number of aromatic nitrogens is 3. The number of hydrogen-bond acceptors (Lipinski definition) is 3. The zero-order chi connectivity index (χ0) is 11.7. The second-order valence-electron chi connectivity index (χ2n) is 4.66. The first-order valence-corrected chi connectivity index (χ1v) is 5.65. The molecule has 4 heteroatoms. The van der Waals surface area contributed by atoms with Crippen molar-refractivity contribution in [3.63, 3.8) is 0 Å². The van der Waals surface area contributed by atoms with Crippen molar-refractivity contribution in [3.05, 3.63) is 29.7 Å². The number of fused-ring (bicyclic) bond motifs is 1. The first-order chi connectivity index (χ1) is 7.58. The summed E-state index contributed by atoms with van der Waals surface area (Å²) in [7, 11) is 0. The van der Waals surface area contributed by atoms with E-state index in [9.17, 15) is 0 Å². The van der Waals surface area contributed by atoms with Crippen LogP contribution in [0.5, 0.6) is 0 Å². The van der Waals surface area contributed by atoms with E-state index in [-0.39, 0.29) is 6.04 Å². The Balaban J connectivity index is 2.42. The van der Waals surface area contributed by atoms with Crippen molar-refractivity contribution in [2.24, 2.45) is 5.73 Å². The van der Waals surface area contributed by atoms with Gasteiger partial charge in [0, 0.05) is 24.0 Å². The maximum atomic E-state index is 5.79. The fourth-order valence-corrected chi connectivity index (χ4v) is 1.73. The van der Waals surface area contributed by atoms with Gasteiger partial charge in [-0.05, 0) is 24.8 Å². The number of hydrogen-bond donors (Lipinski definition) is 1. The molecular weight excluding hydrogens is 200 g/mol. The second-order valence-corrected chi connectivity index (χ2v) is 4.66. The smallest absolute Gasteiger partial charge is 0.158 e. The van der Waals surface area contributed by atoms with Crippen LogP contribution in [-0.2, 0) is 6.42 Å². The van der Waals surface area contributed by atoms with Crippen molar-refractivity contribution in [2.75, 3.05) is 0 Å². The van der Waals surface area contributed by atoms with Crippen LogP contribution in [0.3, 0.4) is 0 Å². The highest BCUT2D eigenvalue weighted by Crippen LogP contribution is 2.15. The van der Waals surface area contributed by atoms with Crippen molar-refractivity contribution in [2.45, 2.75) is 39.2 Å². The van der Waals surface area contributed by atoms with E-state index in [0.717, 1.165) is 17.6 Å². The Hall–Kier alpha value is -1.42. The maximum absolute atomic E-state index is 5.79. The van der Waals surface area contributed by atoms with E-state index in [1.165, 1.54) is 5.56 Å². The molecule has 2 rings (SSSR count). The largest absolute Gasteiger partial charge is 0.328 e. The highest BCUT2D eigenvalue weighted by atomic mass is 15.2. The van der Waals surface area contributed by atoms with Crippen LogP contribution >= 0.6 is 0 Å². The van der Waals surface area contributed by atoms with Crippen LogP contribution in [-0.4, -0.2) is 20.6 Å². The summed E-state index contributed by atoms with van der Waals surface area (Å²) in [5.41, 5.74) is 9.02. The molecule has 0 fully saturated rings. The van der Waals surface area contributed by atoms with Crippen LogP contribution in [0.4, 0.5) is 0 Å². The van der Waals surface area contributed by atoms with Crippen LogP contribution in [0.15, 0.2) is 18.6 Å². The zero-order valence-corrected chi connectivity index (χ0v) is 10.0. The molecule has 0 aromatic carbocycles. The van der Waals surface area contributed by atoms with Crippen molar-refractivity contribution < 1.29 is 0 Å². The van der Waals surface area contributed by atoms with E-state index in [1.807, 2.05) is 30.0 Å². The third-order valence-corrected chi connectivity index (χ3v) is 2.66. The molecule has 1 atom stereocenters. The predicted octanol–water partition coefficient (Wildman–Crippen LogP) is 1.74. The van der Waals surface area contributed by atoms with E-state index in [1.54, 1.807) is 0 Å². The summed E-state index contributed by atoms with van der Waals surface area (Å²) in [6.07, 6.45) is 6.64. The molecule has 0 aliphatic carbocycles. The van der Waals surface area contributed by atoms with Crippen molar-refractivity contribution >= 4 is 5.65 Å². The van der Waals surface area contributed by atoms with Crippen molar-refractivity contribution in [3.8, 4) is 0 Å². The first kappa shape index (κ1) is 11.1. The molecular formula is C12H18N4. The van der Waals surface area contributed by atoms with E-state index in [2.05, 4.69) is 23.9 Å². The SMILES string of the molecule is CC(N)Cc1cnn2cc(C(C)C)cnc12. The van der Waals surface area contributed by atoms with Gasteiger partial charge in [-0.15, -0.1) is 0 Å². The van der Waals surface area contributed by atoms with Crippen LogP contribution in [0.1, 0.15) is 37.8 Å². The minimum atomic E-state index is 0.138. The molecule has 0 aliphatic heterocycles. The highest BCUT2D eigenvalue weighted by molar-refractivity contribution is 5.46. The number of rotatable bonds is 3. The van der Waals surface area contributed by atoms with Gasteiger partial charge in [-0.25, -0.2) is 9.50 Å². The Kier molecular flexibility index (Phi) is 2.92. The third-order valence-electron chi connectivity index (χ3n) is 2.66. The molecule has 2 N–H and O–H groups in total. The number of nitrogens with two attached hydrogens (primary N) is 1. The lowest BCUT2D eigenvalue weighted by molar-refractivity contribution is 0.740. The average Bonchev–Trinajstić information content (AvgIpc) is 2.60. The van der Waals surface area contributed by atoms with Gasteiger partial charge >= 0.3 is 0 Å². The molecule has 0 bridgehead atoms. The average molecular weight is 218 g/mol. The van der Waals surface area contributed by atoms with Gasteiger partial charge in [0.05, 0.1) is 6.20 Å². The van der Waals surface area contributed by atoms with Gasteiger partial charge in [-0.2, -0.15) is 5.10 Å². The van der Waals surface area contributed by atoms with E-state index < -0.39 is 0 Å². The Morgan fingerprint density at radius 1 is 1.31 bits per heavy atom. The summed E-state index contributed by atoms with van der Waals surface area (Å²) in [5.74, 6) is 0.470. The Bertz CT molecular complexity index is 485. The molecule has 16 heavy (non-hydrogen) atoms. The molecule has 2 heterocycles. The standard InChI is InChI=1S/C12H18N4/c1-8(2)11-5-14-12-10(4-9(3)13)6-15-16(12)7-11/h5-9H,4,13H2,1-3H3. The van der Waals surface area contributed by atoms with Crippen molar-refractivity contribution in [1.82, 2.24) is 14.6 Å². The molecule has 0 spiro atoms. The molecule has 2 aromatic heterocycles. The Labute approximate surface area is 95.5 Å². The van der Waals surface area contributed by atoms with Crippen molar-refractivity contribution in [1.29, 1.82) is 0 Å². The molecule has 86 valence electrons. The van der Waals surface area contributed by atoms with E-state index in [0.29, 0.717) is 5.92 Å². The summed E-state index contributed by atoms with van der Waals surface area (Å²) in [6.45, 7) is 6.29. The summed E-state index contributed by atoms with van der Waals surface area (Å²) in [6, 6.07) is 0.138. The Morgan fingerprint density at radius 2 is 2.06 bits per heavy atom. The summed E-state index contributed by atoms with van der Waals surface area (Å²) in [5, 5.41) is 4.31. The van der Waals surface area contributed by atoms with Gasteiger partial charge in [-0.1, -0.05) is 13.8 Å². The molecule has 0 amide bonds. The van der Waals surface area contributed by atoms with Crippen LogP contribution < -0.4 is 5.73 Å². The number of nitrogens with zero attached hydrogens (tertiary/aromatic N) is 3. The molecule has 0 radical (unpaired) electrons. The minimum absolute atomic E-state index is 0.138. The highest BCUT2D eigenvalue weighted by Gasteiger charge is 2.09. The van der Waals surface area contributed by atoms with Gasteiger partial charge < -0.3 is 5.73 Å². The summed E-state index contributed by atoms with van der Waals surface area (Å²) >= 11 is 0. The van der Waals surface area contributed by atoms with Gasteiger partial charge in [0.1, 0.15) is 0 Å². The lowest BCUT2D eigenvalue weighted by Gasteiger charge is -2.05. The van der Waals surface area contributed by atoms with E-state index in [4.69, 9.17) is 5.73 Å². The normalized spacial score (nSPS) is 13.6. The fraction of sp³-hybridized carbons (Fsp3) is 0.500. The van der Waals surface area contributed by atoms with Crippen LogP contribution in [0, 0.1) is 0 Å². The molecule has 0 aliphatic rings. The van der Waals surface area contributed by atoms with Gasteiger partial charge in [0.15, 0.2) is 5.65 Å². The predicted molar refractivity (Wildman–Crippen MR) is 64.4 cm³/mol. The summed E-state index contributed by atoms with van der Waals surface area (Å²) in [4.78, 5) is 4.46. The van der Waals surface area contributed by atoms with Gasteiger partial charge in [0.25, 0.3) is 0 Å². The minimum Gasteiger partial charge on any atom is -0.328 e. The lowest BCUT2D eigenvalue weighted by Crippen LogP contribution is -2.17. The molecule has 2 aromatic rings. The first-order valence-electron chi connectivity index (χ1n) is 5.65. The molecule has 4 nitrogen and oxygen atoms in total. The van der Waals surface area contributed by atoms with Gasteiger partial charge in [0.2, 0.25) is 0 Å². The van der Waals surface area contributed by atoms with Crippen LogP contribution in [0.2, 0.25) is 0 Å². The maximum Gasteiger partial charge on any atom is 0.158 e. The van der Waals surface area contributed by atoms with E-state index >= 15 is 0 Å². The summed E-state index contributed by atoms with van der Waals surface area (Å²) < 4.78 is 1.84. The fourth-order valence-electron chi connectivity index (χ4n) is 1.73. The quantitative estimate of drug-likeness (QED) is 0.853. The molecule has 0 saturated heterocycles. The lowest BCUT2D eigenvalue weighted by atomic mass is 10.1. The van der Waals surface area contributed by atoms with Crippen LogP contribution in [0.25, 0.3) is 5.65 Å².